The molecule has 42 heavy (non-hydrogen) atoms. The van der Waals surface area contributed by atoms with E-state index in [2.05, 4.69) is 55.4 Å². The van der Waals surface area contributed by atoms with Gasteiger partial charge >= 0.3 is 0 Å². The Kier molecular flexibility index (Phi) is 25.2. The van der Waals surface area contributed by atoms with Gasteiger partial charge in [-0.05, 0) is 49.4 Å². The van der Waals surface area contributed by atoms with Crippen molar-refractivity contribution in [3.63, 3.8) is 0 Å². The molecular formula is C37H72N2O3. The van der Waals surface area contributed by atoms with Crippen LogP contribution < -0.4 is 0 Å². The molecule has 0 aliphatic carbocycles. The number of carbonyl (C=O) groups is 3. The minimum atomic E-state index is -0.216. The quantitative estimate of drug-likeness (QED) is 0.0850. The zero-order valence-corrected chi connectivity index (χ0v) is 29.5. The van der Waals surface area contributed by atoms with Crippen molar-refractivity contribution >= 4 is 17.6 Å². The van der Waals surface area contributed by atoms with Gasteiger partial charge in [0.05, 0.1) is 12.8 Å². The first kappa shape index (κ1) is 40.6. The molecule has 0 bridgehead atoms. The third-order valence-electron chi connectivity index (χ3n) is 9.49. The summed E-state index contributed by atoms with van der Waals surface area (Å²) < 4.78 is 0. The maximum absolute atomic E-state index is 13.6. The Morgan fingerprint density at radius 1 is 0.429 bits per heavy atom. The molecule has 0 aromatic rings. The van der Waals surface area contributed by atoms with Crippen molar-refractivity contribution < 1.29 is 14.4 Å². The largest absolute Gasteiger partial charge is 0.342 e. The smallest absolute Gasteiger partial charge is 0.230 e. The molecule has 0 spiro atoms. The maximum Gasteiger partial charge on any atom is 0.230 e. The van der Waals surface area contributed by atoms with Gasteiger partial charge < -0.3 is 9.80 Å². The molecule has 0 N–H and O–H groups in total. The zero-order valence-electron chi connectivity index (χ0n) is 29.5. The molecule has 5 nitrogen and oxygen atoms in total. The third-order valence-corrected chi connectivity index (χ3v) is 9.49. The molecule has 4 atom stereocenters. The molecule has 0 radical (unpaired) electrons. The van der Waals surface area contributed by atoms with E-state index in [4.69, 9.17) is 0 Å². The van der Waals surface area contributed by atoms with Crippen LogP contribution in [0, 0.1) is 23.7 Å². The van der Waals surface area contributed by atoms with E-state index in [1.807, 2.05) is 9.80 Å². The highest BCUT2D eigenvalue weighted by Crippen LogP contribution is 2.22. The first-order chi connectivity index (χ1) is 20.2. The molecule has 0 aromatic heterocycles. The molecule has 5 heteroatoms. The molecule has 0 aromatic carbocycles. The van der Waals surface area contributed by atoms with Crippen LogP contribution in [0.3, 0.4) is 0 Å². The second-order valence-corrected chi connectivity index (χ2v) is 13.2. The molecule has 0 aliphatic heterocycles. The topological polar surface area (TPSA) is 57.7 Å². The third kappa shape index (κ3) is 18.3. The Morgan fingerprint density at radius 2 is 0.667 bits per heavy atom. The summed E-state index contributed by atoms with van der Waals surface area (Å²) >= 11 is 0. The summed E-state index contributed by atoms with van der Waals surface area (Å²) in [5.41, 5.74) is 0. The van der Waals surface area contributed by atoms with Crippen LogP contribution in [0.15, 0.2) is 0 Å². The summed E-state index contributed by atoms with van der Waals surface area (Å²) in [7, 11) is 0. The van der Waals surface area contributed by atoms with Gasteiger partial charge in [-0.2, -0.15) is 0 Å². The van der Waals surface area contributed by atoms with Gasteiger partial charge in [-0.1, -0.05) is 132 Å². The van der Waals surface area contributed by atoms with E-state index >= 15 is 0 Å². The minimum Gasteiger partial charge on any atom is -0.342 e. The lowest BCUT2D eigenvalue weighted by molar-refractivity contribution is -0.139. The standard InChI is InChI=1S/C37H72N2O3/c1-9-17-21-31(13-5)27-38(28-32(14-6)22-18-10-2)36(41)25-35(40)26-37(42)39(29-33(15-7)23-19-11-3)30-34(16-8)24-20-12-4/h31-34H,9-30H2,1-8H3. The molecule has 0 rings (SSSR count). The summed E-state index contributed by atoms with van der Waals surface area (Å²) in [6.45, 7) is 20.6. The van der Waals surface area contributed by atoms with Crippen LogP contribution >= 0.6 is 0 Å². The molecule has 4 unspecified atom stereocenters. The van der Waals surface area contributed by atoms with Crippen molar-refractivity contribution in [3.8, 4) is 0 Å². The van der Waals surface area contributed by atoms with Gasteiger partial charge in [0.1, 0.15) is 0 Å². The van der Waals surface area contributed by atoms with E-state index in [-0.39, 0.29) is 30.4 Å². The SMILES string of the molecule is CCCCC(CC)CN(CC(CC)CCCC)C(=O)CC(=O)CC(=O)N(CC(CC)CCCC)CC(CC)CCCC. The fourth-order valence-electron chi connectivity index (χ4n) is 6.10. The summed E-state index contributed by atoms with van der Waals surface area (Å²) in [5.74, 6) is 1.49. The van der Waals surface area contributed by atoms with E-state index in [0.717, 1.165) is 103 Å². The van der Waals surface area contributed by atoms with Gasteiger partial charge in [-0.15, -0.1) is 0 Å². The summed E-state index contributed by atoms with van der Waals surface area (Å²) in [4.78, 5) is 44.5. The van der Waals surface area contributed by atoms with E-state index in [9.17, 15) is 14.4 Å². The van der Waals surface area contributed by atoms with Crippen LogP contribution in [-0.2, 0) is 14.4 Å². The minimum absolute atomic E-state index is 0.0759. The Bertz CT molecular complexity index is 602. The number of ketones is 1. The van der Waals surface area contributed by atoms with Crippen molar-refractivity contribution in [2.45, 2.75) is 171 Å². The summed E-state index contributed by atoms with van der Waals surface area (Å²) in [5, 5.41) is 0. The van der Waals surface area contributed by atoms with Crippen molar-refractivity contribution in [3.05, 3.63) is 0 Å². The number of Topliss-reactive ketones (excluding diaryl/α,β-unsaturated/α-hetero) is 1. The second kappa shape index (κ2) is 26.1. The zero-order chi connectivity index (χ0) is 31.8. The van der Waals surface area contributed by atoms with Crippen molar-refractivity contribution in [2.75, 3.05) is 26.2 Å². The lowest BCUT2D eigenvalue weighted by atomic mass is 9.95. The monoisotopic (exact) mass is 593 g/mol. The lowest BCUT2D eigenvalue weighted by Gasteiger charge is -2.31. The van der Waals surface area contributed by atoms with Crippen LogP contribution in [0.5, 0.6) is 0 Å². The van der Waals surface area contributed by atoms with Gasteiger partial charge in [0.25, 0.3) is 0 Å². The van der Waals surface area contributed by atoms with Crippen LogP contribution in [0.4, 0.5) is 0 Å². The molecule has 0 fully saturated rings. The predicted molar refractivity (Wildman–Crippen MR) is 181 cm³/mol. The van der Waals surface area contributed by atoms with E-state index < -0.39 is 0 Å². The summed E-state index contributed by atoms with van der Waals surface area (Å²) in [6.07, 6.45) is 17.7. The number of hydrogen-bond donors (Lipinski definition) is 0. The highest BCUT2D eigenvalue weighted by atomic mass is 16.2. The molecule has 0 saturated heterocycles. The highest BCUT2D eigenvalue weighted by molar-refractivity contribution is 6.06. The van der Waals surface area contributed by atoms with Crippen LogP contribution in [0.1, 0.15) is 171 Å². The number of nitrogens with zero attached hydrogens (tertiary/aromatic N) is 2. The van der Waals surface area contributed by atoms with Crippen molar-refractivity contribution in [2.24, 2.45) is 23.7 Å². The first-order valence-electron chi connectivity index (χ1n) is 18.3. The lowest BCUT2D eigenvalue weighted by Crippen LogP contribution is -2.42. The average Bonchev–Trinajstić information content (AvgIpc) is 2.99. The van der Waals surface area contributed by atoms with Crippen LogP contribution in [-0.4, -0.2) is 53.6 Å². The Balaban J connectivity index is 5.64. The Hall–Kier alpha value is -1.39. The number of hydrogen-bond acceptors (Lipinski definition) is 3. The van der Waals surface area contributed by atoms with E-state index in [1.54, 1.807) is 0 Å². The maximum atomic E-state index is 13.6. The van der Waals surface area contributed by atoms with Crippen molar-refractivity contribution in [1.29, 1.82) is 0 Å². The first-order valence-corrected chi connectivity index (χ1v) is 18.3. The van der Waals surface area contributed by atoms with Crippen LogP contribution in [0.2, 0.25) is 0 Å². The van der Waals surface area contributed by atoms with Gasteiger partial charge in [0.15, 0.2) is 5.78 Å². The number of unbranched alkanes of at least 4 members (excludes halogenated alkanes) is 4. The number of amides is 2. The molecular weight excluding hydrogens is 520 g/mol. The van der Waals surface area contributed by atoms with Gasteiger partial charge in [0.2, 0.25) is 11.8 Å². The molecule has 248 valence electrons. The predicted octanol–water partition coefficient (Wildman–Crippen LogP) is 9.86. The van der Waals surface area contributed by atoms with Gasteiger partial charge in [-0.25, -0.2) is 0 Å². The molecule has 0 aliphatic rings. The number of rotatable bonds is 28. The molecule has 0 saturated carbocycles. The normalized spacial score (nSPS) is 14.3. The highest BCUT2D eigenvalue weighted by Gasteiger charge is 2.27. The van der Waals surface area contributed by atoms with E-state index in [0.29, 0.717) is 23.7 Å². The number of carbonyl (C=O) groups excluding carboxylic acids is 3. The fourth-order valence-corrected chi connectivity index (χ4v) is 6.10. The molecule has 0 heterocycles. The van der Waals surface area contributed by atoms with Gasteiger partial charge in [0, 0.05) is 26.2 Å². The average molecular weight is 593 g/mol. The summed E-state index contributed by atoms with van der Waals surface area (Å²) in [6, 6.07) is 0. The Labute approximate surface area is 262 Å². The van der Waals surface area contributed by atoms with Gasteiger partial charge in [-0.3, -0.25) is 14.4 Å². The van der Waals surface area contributed by atoms with E-state index in [1.165, 1.54) is 25.7 Å². The fraction of sp³-hybridized carbons (Fsp3) is 0.919. The second-order valence-electron chi connectivity index (χ2n) is 13.2. The molecule has 2 amide bonds. The Morgan fingerprint density at radius 3 is 0.857 bits per heavy atom. The van der Waals surface area contributed by atoms with Crippen molar-refractivity contribution in [1.82, 2.24) is 9.80 Å². The van der Waals surface area contributed by atoms with Crippen LogP contribution in [0.25, 0.3) is 0 Å².